The number of anilines is 1. The fraction of sp³-hybridized carbons (Fsp3) is 0.500. The molecule has 1 amide bonds. The van der Waals surface area contributed by atoms with Crippen molar-refractivity contribution in [3.8, 4) is 0 Å². The topological polar surface area (TPSA) is 41.1 Å². The van der Waals surface area contributed by atoms with Crippen LogP contribution >= 0.6 is 0 Å². The highest BCUT2D eigenvalue weighted by molar-refractivity contribution is 5.93. The average Bonchev–Trinajstić information content (AvgIpc) is 2.35. The van der Waals surface area contributed by atoms with E-state index in [0.717, 1.165) is 6.07 Å². The first-order valence-corrected chi connectivity index (χ1v) is 6.72. The first-order chi connectivity index (χ1) is 9.80. The standard InChI is InChI=1S/C14H16F4N2O/c1-2-19-12(7-14(16,17)18)9-5-8-3-4-13(21)20-11(8)6-10(9)15/h5-6,12,19H,2-4,7H2,1H3,(H,20,21). The van der Waals surface area contributed by atoms with Crippen LogP contribution in [0.1, 0.15) is 36.9 Å². The van der Waals surface area contributed by atoms with Crippen molar-refractivity contribution in [3.63, 3.8) is 0 Å². The Balaban J connectivity index is 2.34. The van der Waals surface area contributed by atoms with Gasteiger partial charge in [-0.15, -0.1) is 0 Å². The summed E-state index contributed by atoms with van der Waals surface area (Å²) in [6, 6.07) is 1.39. The van der Waals surface area contributed by atoms with Gasteiger partial charge in [0.1, 0.15) is 5.82 Å². The van der Waals surface area contributed by atoms with Crippen LogP contribution in [-0.2, 0) is 11.2 Å². The number of benzene rings is 1. The number of nitrogens with one attached hydrogen (secondary N) is 2. The molecule has 0 fully saturated rings. The Bertz CT molecular complexity index is 543. The Hall–Kier alpha value is -1.63. The molecule has 0 bridgehead atoms. The molecule has 0 spiro atoms. The second-order valence-electron chi connectivity index (χ2n) is 5.01. The largest absolute Gasteiger partial charge is 0.390 e. The van der Waals surface area contributed by atoms with Crippen molar-refractivity contribution in [3.05, 3.63) is 29.1 Å². The summed E-state index contributed by atoms with van der Waals surface area (Å²) >= 11 is 0. The molecule has 1 aromatic carbocycles. The van der Waals surface area contributed by atoms with Crippen LogP contribution in [0.4, 0.5) is 23.2 Å². The van der Waals surface area contributed by atoms with Gasteiger partial charge in [0.05, 0.1) is 6.42 Å². The molecular weight excluding hydrogens is 288 g/mol. The summed E-state index contributed by atoms with van der Waals surface area (Å²) in [6.45, 7) is 1.97. The number of rotatable bonds is 4. The van der Waals surface area contributed by atoms with E-state index in [0.29, 0.717) is 24.2 Å². The maximum atomic E-state index is 14.1. The van der Waals surface area contributed by atoms with E-state index in [4.69, 9.17) is 0 Å². The zero-order chi connectivity index (χ0) is 15.6. The van der Waals surface area contributed by atoms with Crippen LogP contribution in [0.5, 0.6) is 0 Å². The number of alkyl halides is 3. The van der Waals surface area contributed by atoms with Crippen LogP contribution in [0.15, 0.2) is 12.1 Å². The third kappa shape index (κ3) is 3.93. The van der Waals surface area contributed by atoms with Gasteiger partial charge in [0.25, 0.3) is 0 Å². The third-order valence-electron chi connectivity index (χ3n) is 3.38. The highest BCUT2D eigenvalue weighted by Crippen LogP contribution is 2.34. The number of fused-ring (bicyclic) bond motifs is 1. The van der Waals surface area contributed by atoms with E-state index in [2.05, 4.69) is 10.6 Å². The Morgan fingerprint density at radius 3 is 2.67 bits per heavy atom. The summed E-state index contributed by atoms with van der Waals surface area (Å²) in [5.74, 6) is -0.959. The van der Waals surface area contributed by atoms with Crippen molar-refractivity contribution >= 4 is 11.6 Å². The number of hydrogen-bond donors (Lipinski definition) is 2. The van der Waals surface area contributed by atoms with Gasteiger partial charge in [-0.1, -0.05) is 6.92 Å². The third-order valence-corrected chi connectivity index (χ3v) is 3.38. The minimum absolute atomic E-state index is 0.0101. The van der Waals surface area contributed by atoms with E-state index in [1.54, 1.807) is 6.92 Å². The lowest BCUT2D eigenvalue weighted by Crippen LogP contribution is -2.28. The number of hydrogen-bond acceptors (Lipinski definition) is 2. The summed E-state index contributed by atoms with van der Waals surface area (Å²) in [7, 11) is 0. The van der Waals surface area contributed by atoms with Gasteiger partial charge in [-0.2, -0.15) is 13.2 Å². The molecule has 7 heteroatoms. The first-order valence-electron chi connectivity index (χ1n) is 6.72. The quantitative estimate of drug-likeness (QED) is 0.838. The van der Waals surface area contributed by atoms with Crippen molar-refractivity contribution in [1.82, 2.24) is 5.32 Å². The molecule has 1 heterocycles. The van der Waals surface area contributed by atoms with Crippen molar-refractivity contribution in [2.45, 2.75) is 38.4 Å². The zero-order valence-corrected chi connectivity index (χ0v) is 11.5. The van der Waals surface area contributed by atoms with Crippen LogP contribution < -0.4 is 10.6 Å². The highest BCUT2D eigenvalue weighted by Gasteiger charge is 2.34. The van der Waals surface area contributed by atoms with E-state index < -0.39 is 24.5 Å². The lowest BCUT2D eigenvalue weighted by molar-refractivity contribution is -0.140. The minimum atomic E-state index is -4.39. The molecule has 1 unspecified atom stereocenters. The molecule has 3 nitrogen and oxygen atoms in total. The van der Waals surface area contributed by atoms with Crippen LogP contribution in [0.3, 0.4) is 0 Å². The molecular formula is C14H16F4N2O. The van der Waals surface area contributed by atoms with Gasteiger partial charge in [-0.3, -0.25) is 4.79 Å². The van der Waals surface area contributed by atoms with Gasteiger partial charge in [0.15, 0.2) is 0 Å². The number of halogens is 4. The van der Waals surface area contributed by atoms with Gasteiger partial charge in [-0.25, -0.2) is 4.39 Å². The van der Waals surface area contributed by atoms with Crippen molar-refractivity contribution in [2.24, 2.45) is 0 Å². The molecule has 2 N–H and O–H groups in total. The molecule has 0 radical (unpaired) electrons. The Kier molecular flexibility index (Phi) is 4.51. The fourth-order valence-corrected chi connectivity index (χ4v) is 2.46. The molecule has 1 aromatic rings. The predicted octanol–water partition coefficient (Wildman–Crippen LogP) is 3.31. The van der Waals surface area contributed by atoms with E-state index in [1.807, 2.05) is 0 Å². The first kappa shape index (κ1) is 15.8. The number of amides is 1. The summed E-state index contributed by atoms with van der Waals surface area (Å²) in [4.78, 5) is 11.3. The number of carbonyl (C=O) groups is 1. The average molecular weight is 304 g/mol. The smallest absolute Gasteiger partial charge is 0.326 e. The van der Waals surface area contributed by atoms with E-state index in [-0.39, 0.29) is 17.9 Å². The SMILES string of the molecule is CCNC(CC(F)(F)F)c1cc2c(cc1F)NC(=O)CC2. The second kappa shape index (κ2) is 6.01. The highest BCUT2D eigenvalue weighted by atomic mass is 19.4. The predicted molar refractivity (Wildman–Crippen MR) is 70.4 cm³/mol. The van der Waals surface area contributed by atoms with Gasteiger partial charge < -0.3 is 10.6 Å². The van der Waals surface area contributed by atoms with Crippen molar-refractivity contribution < 1.29 is 22.4 Å². The fourth-order valence-electron chi connectivity index (χ4n) is 2.46. The molecule has 21 heavy (non-hydrogen) atoms. The van der Waals surface area contributed by atoms with Crippen molar-refractivity contribution in [1.29, 1.82) is 0 Å². The summed E-state index contributed by atoms with van der Waals surface area (Å²) in [6.07, 6.45) is -4.87. The van der Waals surface area contributed by atoms with Crippen molar-refractivity contribution in [2.75, 3.05) is 11.9 Å². The van der Waals surface area contributed by atoms with E-state index in [1.165, 1.54) is 6.07 Å². The number of carbonyl (C=O) groups excluding carboxylic acids is 1. The normalized spacial score (nSPS) is 16.3. The van der Waals surface area contributed by atoms with Gasteiger partial charge in [0.2, 0.25) is 5.91 Å². The molecule has 0 saturated heterocycles. The zero-order valence-electron chi connectivity index (χ0n) is 11.5. The molecule has 1 atom stereocenters. The molecule has 116 valence electrons. The van der Waals surface area contributed by atoms with Gasteiger partial charge in [0, 0.05) is 23.7 Å². The molecule has 1 aliphatic rings. The molecule has 0 aromatic heterocycles. The van der Waals surface area contributed by atoms with Gasteiger partial charge in [-0.05, 0) is 30.7 Å². The maximum absolute atomic E-state index is 14.1. The summed E-state index contributed by atoms with van der Waals surface area (Å²) < 4.78 is 51.9. The van der Waals surface area contributed by atoms with Crippen LogP contribution in [0.25, 0.3) is 0 Å². The van der Waals surface area contributed by atoms with Gasteiger partial charge >= 0.3 is 6.18 Å². The van der Waals surface area contributed by atoms with E-state index in [9.17, 15) is 22.4 Å². The second-order valence-corrected chi connectivity index (χ2v) is 5.01. The monoisotopic (exact) mass is 304 g/mol. The molecule has 1 aliphatic heterocycles. The number of aryl methyl sites for hydroxylation is 1. The Morgan fingerprint density at radius 1 is 1.33 bits per heavy atom. The Morgan fingerprint density at radius 2 is 2.05 bits per heavy atom. The van der Waals surface area contributed by atoms with Crippen LogP contribution in [0, 0.1) is 5.82 Å². The summed E-state index contributed by atoms with van der Waals surface area (Å²) in [5, 5.41) is 5.19. The van der Waals surface area contributed by atoms with Crippen LogP contribution in [-0.4, -0.2) is 18.6 Å². The maximum Gasteiger partial charge on any atom is 0.390 e. The lowest BCUT2D eigenvalue weighted by atomic mass is 9.95. The molecule has 0 aliphatic carbocycles. The molecule has 2 rings (SSSR count). The Labute approximate surface area is 119 Å². The van der Waals surface area contributed by atoms with E-state index >= 15 is 0 Å². The molecule has 0 saturated carbocycles. The van der Waals surface area contributed by atoms with Crippen LogP contribution in [0.2, 0.25) is 0 Å². The lowest BCUT2D eigenvalue weighted by Gasteiger charge is -2.24. The minimum Gasteiger partial charge on any atom is -0.326 e. The summed E-state index contributed by atoms with van der Waals surface area (Å²) in [5.41, 5.74) is 0.995.